The van der Waals surface area contributed by atoms with Crippen molar-refractivity contribution in [2.75, 3.05) is 20.1 Å². The van der Waals surface area contributed by atoms with E-state index in [1.54, 1.807) is 0 Å². The summed E-state index contributed by atoms with van der Waals surface area (Å²) in [6.07, 6.45) is 9.27. The average Bonchev–Trinajstić information content (AvgIpc) is 2.83. The molecule has 0 aromatic rings. The summed E-state index contributed by atoms with van der Waals surface area (Å²) >= 11 is 0. The highest BCUT2D eigenvalue weighted by Gasteiger charge is 2.31. The Hall–Kier alpha value is 0. The van der Waals surface area contributed by atoms with Gasteiger partial charge in [0.2, 0.25) is 0 Å². The number of aliphatic imine (C=N–C) groups is 1. The van der Waals surface area contributed by atoms with Crippen molar-refractivity contribution in [3.05, 3.63) is 0 Å². The van der Waals surface area contributed by atoms with Crippen molar-refractivity contribution in [2.24, 2.45) is 10.4 Å². The van der Waals surface area contributed by atoms with Gasteiger partial charge in [0.1, 0.15) is 0 Å². The van der Waals surface area contributed by atoms with Crippen LogP contribution in [0.4, 0.5) is 0 Å². The van der Waals surface area contributed by atoms with Crippen LogP contribution in [0.25, 0.3) is 0 Å². The molecular formula is C14H30IN3. The zero-order valence-corrected chi connectivity index (χ0v) is 14.5. The molecule has 4 heteroatoms. The molecule has 0 heterocycles. The Labute approximate surface area is 130 Å². The summed E-state index contributed by atoms with van der Waals surface area (Å²) in [5.41, 5.74) is 0.530. The lowest BCUT2D eigenvalue weighted by molar-refractivity contribution is 0.283. The summed E-state index contributed by atoms with van der Waals surface area (Å²) in [5.74, 6) is 0.971. The van der Waals surface area contributed by atoms with Crippen LogP contribution in [0.5, 0.6) is 0 Å². The van der Waals surface area contributed by atoms with Crippen LogP contribution in [0.3, 0.4) is 0 Å². The van der Waals surface area contributed by atoms with Gasteiger partial charge in [-0.3, -0.25) is 4.99 Å². The second-order valence-electron chi connectivity index (χ2n) is 5.27. The second-order valence-corrected chi connectivity index (χ2v) is 5.27. The van der Waals surface area contributed by atoms with Crippen molar-refractivity contribution in [1.82, 2.24) is 10.6 Å². The highest BCUT2D eigenvalue weighted by atomic mass is 127. The third-order valence-corrected chi connectivity index (χ3v) is 4.09. The van der Waals surface area contributed by atoms with Gasteiger partial charge in [-0.05, 0) is 31.1 Å². The Morgan fingerprint density at radius 2 is 1.83 bits per heavy atom. The molecule has 1 saturated carbocycles. The highest BCUT2D eigenvalue weighted by Crippen LogP contribution is 2.40. The van der Waals surface area contributed by atoms with Crippen molar-refractivity contribution in [2.45, 2.75) is 58.8 Å². The molecule has 0 saturated heterocycles. The van der Waals surface area contributed by atoms with Crippen molar-refractivity contribution in [3.63, 3.8) is 0 Å². The van der Waals surface area contributed by atoms with Gasteiger partial charge in [0.05, 0.1) is 0 Å². The van der Waals surface area contributed by atoms with Crippen molar-refractivity contribution in [1.29, 1.82) is 0 Å². The predicted molar refractivity (Wildman–Crippen MR) is 90.9 cm³/mol. The first-order valence-electron chi connectivity index (χ1n) is 7.21. The zero-order chi connectivity index (χ0) is 12.6. The van der Waals surface area contributed by atoms with E-state index in [1.165, 1.54) is 44.9 Å². The molecule has 3 nitrogen and oxygen atoms in total. The number of halogens is 1. The van der Waals surface area contributed by atoms with Gasteiger partial charge in [-0.15, -0.1) is 24.0 Å². The zero-order valence-electron chi connectivity index (χ0n) is 12.2. The van der Waals surface area contributed by atoms with Gasteiger partial charge in [-0.25, -0.2) is 0 Å². The smallest absolute Gasteiger partial charge is 0.190 e. The van der Waals surface area contributed by atoms with Gasteiger partial charge < -0.3 is 10.6 Å². The Bertz CT molecular complexity index is 235. The molecule has 108 valence electrons. The van der Waals surface area contributed by atoms with Crippen LogP contribution in [0.1, 0.15) is 58.8 Å². The molecular weight excluding hydrogens is 337 g/mol. The Kier molecular flexibility index (Phi) is 9.87. The van der Waals surface area contributed by atoms with E-state index in [4.69, 9.17) is 0 Å². The van der Waals surface area contributed by atoms with E-state index in [0.29, 0.717) is 5.41 Å². The monoisotopic (exact) mass is 367 g/mol. The lowest BCUT2D eigenvalue weighted by atomic mass is 9.83. The maximum atomic E-state index is 4.28. The molecule has 0 radical (unpaired) electrons. The third kappa shape index (κ3) is 5.76. The summed E-state index contributed by atoms with van der Waals surface area (Å²) in [6, 6.07) is 0. The normalized spacial score (nSPS) is 18.3. The maximum absolute atomic E-state index is 4.28. The van der Waals surface area contributed by atoms with Gasteiger partial charge >= 0.3 is 0 Å². The molecule has 1 fully saturated rings. The highest BCUT2D eigenvalue weighted by molar-refractivity contribution is 14.0. The summed E-state index contributed by atoms with van der Waals surface area (Å²) in [4.78, 5) is 4.28. The summed E-state index contributed by atoms with van der Waals surface area (Å²) in [5, 5.41) is 6.88. The van der Waals surface area contributed by atoms with E-state index in [9.17, 15) is 0 Å². The molecule has 1 aliphatic carbocycles. The Morgan fingerprint density at radius 3 is 2.33 bits per heavy atom. The molecule has 0 amide bonds. The topological polar surface area (TPSA) is 36.4 Å². The number of hydrogen-bond acceptors (Lipinski definition) is 1. The molecule has 0 unspecified atom stereocenters. The molecule has 0 aliphatic heterocycles. The van der Waals surface area contributed by atoms with E-state index < -0.39 is 0 Å². The van der Waals surface area contributed by atoms with E-state index in [1.807, 2.05) is 7.05 Å². The van der Waals surface area contributed by atoms with Gasteiger partial charge in [-0.2, -0.15) is 0 Å². The van der Waals surface area contributed by atoms with Crippen LogP contribution in [0.15, 0.2) is 4.99 Å². The molecule has 0 aromatic heterocycles. The number of rotatable bonds is 6. The minimum Gasteiger partial charge on any atom is -0.356 e. The number of guanidine groups is 1. The Balaban J connectivity index is 0.00000289. The number of unbranched alkanes of at least 4 members (excludes halogenated alkanes) is 1. The first kappa shape index (κ1) is 18.0. The minimum atomic E-state index is 0. The summed E-state index contributed by atoms with van der Waals surface area (Å²) in [6.45, 7) is 6.63. The Morgan fingerprint density at radius 1 is 1.17 bits per heavy atom. The SMILES string of the molecule is CCCCNC(=NC)NCC1(CC)CCCC1.I. The van der Waals surface area contributed by atoms with Gasteiger partial charge in [0, 0.05) is 20.1 Å². The molecule has 1 rings (SSSR count). The third-order valence-electron chi connectivity index (χ3n) is 4.09. The first-order valence-corrected chi connectivity index (χ1v) is 7.21. The van der Waals surface area contributed by atoms with Crippen molar-refractivity contribution < 1.29 is 0 Å². The first-order chi connectivity index (χ1) is 8.26. The van der Waals surface area contributed by atoms with Gasteiger partial charge in [-0.1, -0.05) is 33.1 Å². The molecule has 0 bridgehead atoms. The summed E-state index contributed by atoms with van der Waals surface area (Å²) < 4.78 is 0. The average molecular weight is 367 g/mol. The van der Waals surface area contributed by atoms with Gasteiger partial charge in [0.15, 0.2) is 5.96 Å². The molecule has 18 heavy (non-hydrogen) atoms. The fraction of sp³-hybridized carbons (Fsp3) is 0.929. The fourth-order valence-corrected chi connectivity index (χ4v) is 2.66. The molecule has 1 aliphatic rings. The van der Waals surface area contributed by atoms with Crippen molar-refractivity contribution in [3.8, 4) is 0 Å². The number of nitrogens with one attached hydrogen (secondary N) is 2. The fourth-order valence-electron chi connectivity index (χ4n) is 2.66. The number of hydrogen-bond donors (Lipinski definition) is 2. The lowest BCUT2D eigenvalue weighted by Crippen LogP contribution is -2.43. The molecule has 0 atom stereocenters. The van der Waals surface area contributed by atoms with Gasteiger partial charge in [0.25, 0.3) is 0 Å². The van der Waals surface area contributed by atoms with E-state index in [-0.39, 0.29) is 24.0 Å². The number of nitrogens with zero attached hydrogens (tertiary/aromatic N) is 1. The van der Waals surface area contributed by atoms with Crippen LogP contribution in [-0.2, 0) is 0 Å². The van der Waals surface area contributed by atoms with Crippen LogP contribution in [0, 0.1) is 5.41 Å². The van der Waals surface area contributed by atoms with E-state index in [0.717, 1.165) is 19.0 Å². The van der Waals surface area contributed by atoms with E-state index in [2.05, 4.69) is 29.5 Å². The maximum Gasteiger partial charge on any atom is 0.190 e. The standard InChI is InChI=1S/C14H29N3.HI/c1-4-6-11-16-13(15-3)17-12-14(5-2)9-7-8-10-14;/h4-12H2,1-3H3,(H2,15,16,17);1H. The van der Waals surface area contributed by atoms with Crippen LogP contribution >= 0.6 is 24.0 Å². The lowest BCUT2D eigenvalue weighted by Gasteiger charge is -2.28. The summed E-state index contributed by atoms with van der Waals surface area (Å²) in [7, 11) is 1.86. The molecule has 0 spiro atoms. The quantitative estimate of drug-likeness (QED) is 0.326. The predicted octanol–water partition coefficient (Wildman–Crippen LogP) is 3.54. The molecule has 2 N–H and O–H groups in total. The minimum absolute atomic E-state index is 0. The van der Waals surface area contributed by atoms with Crippen LogP contribution < -0.4 is 10.6 Å². The van der Waals surface area contributed by atoms with Crippen LogP contribution in [0.2, 0.25) is 0 Å². The van der Waals surface area contributed by atoms with E-state index >= 15 is 0 Å². The van der Waals surface area contributed by atoms with Crippen LogP contribution in [-0.4, -0.2) is 26.1 Å². The van der Waals surface area contributed by atoms with Crippen molar-refractivity contribution >= 4 is 29.9 Å². The largest absolute Gasteiger partial charge is 0.356 e. The molecule has 0 aromatic carbocycles. The second kappa shape index (κ2) is 9.87.